The van der Waals surface area contributed by atoms with E-state index in [1.54, 1.807) is 26.6 Å². The fraction of sp³-hybridized carbons (Fsp3) is 0.478. The highest BCUT2D eigenvalue weighted by atomic mass is 32.2. The third kappa shape index (κ3) is 5.82. The lowest BCUT2D eigenvalue weighted by Crippen LogP contribution is -2.47. The van der Waals surface area contributed by atoms with Crippen molar-refractivity contribution < 1.29 is 13.2 Å². The lowest BCUT2D eigenvalue weighted by atomic mass is 10.1. The van der Waals surface area contributed by atoms with Crippen LogP contribution in [-0.4, -0.2) is 73.9 Å². The number of fused-ring (bicyclic) bond motifs is 1. The summed E-state index contributed by atoms with van der Waals surface area (Å²) in [5, 5.41) is 1.17. The monoisotopic (exact) mass is 472 g/mol. The van der Waals surface area contributed by atoms with E-state index in [-0.39, 0.29) is 5.75 Å². The second kappa shape index (κ2) is 10.5. The minimum absolute atomic E-state index is 0.0888. The van der Waals surface area contributed by atoms with Gasteiger partial charge in [-0.1, -0.05) is 6.07 Å². The summed E-state index contributed by atoms with van der Waals surface area (Å²) in [4.78, 5) is 16.5. The smallest absolute Gasteiger partial charge is 0.211 e. The van der Waals surface area contributed by atoms with E-state index in [0.29, 0.717) is 12.3 Å². The summed E-state index contributed by atoms with van der Waals surface area (Å²) >= 11 is 0. The summed E-state index contributed by atoms with van der Waals surface area (Å²) in [7, 11) is -1.55. The molecule has 0 bridgehead atoms. The molecule has 33 heavy (non-hydrogen) atoms. The second-order valence-electron chi connectivity index (χ2n) is 8.27. The molecule has 0 saturated carbocycles. The fourth-order valence-corrected chi connectivity index (χ4v) is 4.80. The number of anilines is 1. The minimum atomic E-state index is -3.20. The molecule has 3 aromatic rings. The number of rotatable bonds is 10. The first-order valence-electron chi connectivity index (χ1n) is 11.4. The van der Waals surface area contributed by atoms with Crippen LogP contribution in [0.5, 0.6) is 5.75 Å². The molecule has 0 aliphatic carbocycles. The Kier molecular flexibility index (Phi) is 7.46. The van der Waals surface area contributed by atoms with Crippen molar-refractivity contribution in [3.8, 4) is 5.75 Å². The zero-order valence-electron chi connectivity index (χ0n) is 19.2. The largest absolute Gasteiger partial charge is 0.491 e. The van der Waals surface area contributed by atoms with E-state index >= 15 is 0 Å². The summed E-state index contributed by atoms with van der Waals surface area (Å²) in [6.07, 6.45) is 7.39. The number of nitrogens with one attached hydrogen (secondary N) is 2. The number of H-pyrrole nitrogens is 1. The highest BCUT2D eigenvalue weighted by Crippen LogP contribution is 2.25. The number of hydrogen-bond donors (Lipinski definition) is 2. The molecule has 1 aliphatic heterocycles. The Bertz CT molecular complexity index is 1170. The molecule has 3 heterocycles. The van der Waals surface area contributed by atoms with Crippen LogP contribution in [0.1, 0.15) is 24.5 Å². The standard InChI is InChI=1S/C23H32N6O3S/c1-3-33(30,31)27-14-18-6-7-21-20(13-18)19(15-25-21)5-4-8-28-9-11-29(12-10-28)23-22(32-2)16-24-17-26-23/h6-7,13,15-17,25,27H,3-5,8-12,14H2,1-2H3. The molecule has 4 rings (SSSR count). The molecule has 9 nitrogen and oxygen atoms in total. The molecule has 0 radical (unpaired) electrons. The zero-order chi connectivity index (χ0) is 23.3. The van der Waals surface area contributed by atoms with Crippen molar-refractivity contribution in [3.05, 3.63) is 48.0 Å². The molecule has 1 saturated heterocycles. The van der Waals surface area contributed by atoms with E-state index < -0.39 is 10.0 Å². The van der Waals surface area contributed by atoms with Crippen LogP contribution < -0.4 is 14.4 Å². The van der Waals surface area contributed by atoms with Gasteiger partial charge < -0.3 is 14.6 Å². The van der Waals surface area contributed by atoms with Gasteiger partial charge in [0.1, 0.15) is 6.33 Å². The number of aryl methyl sites for hydroxylation is 1. The first-order valence-corrected chi connectivity index (χ1v) is 13.0. The summed E-state index contributed by atoms with van der Waals surface area (Å²) in [5.74, 6) is 1.67. The Hall–Kier alpha value is -2.69. The van der Waals surface area contributed by atoms with Crippen LogP contribution in [-0.2, 0) is 23.0 Å². The molecule has 1 fully saturated rings. The van der Waals surface area contributed by atoms with E-state index in [9.17, 15) is 8.42 Å². The Labute approximate surface area is 195 Å². The molecule has 0 atom stereocenters. The van der Waals surface area contributed by atoms with E-state index in [0.717, 1.165) is 62.5 Å². The predicted molar refractivity (Wildman–Crippen MR) is 130 cm³/mol. The molecular formula is C23H32N6O3S. The van der Waals surface area contributed by atoms with Crippen molar-refractivity contribution in [1.29, 1.82) is 0 Å². The minimum Gasteiger partial charge on any atom is -0.491 e. The molecule has 0 unspecified atom stereocenters. The zero-order valence-corrected chi connectivity index (χ0v) is 20.1. The maximum atomic E-state index is 11.7. The van der Waals surface area contributed by atoms with Gasteiger partial charge >= 0.3 is 0 Å². The molecular weight excluding hydrogens is 440 g/mol. The predicted octanol–water partition coefficient (Wildman–Crippen LogP) is 2.16. The molecule has 0 spiro atoms. The quantitative estimate of drug-likeness (QED) is 0.466. The van der Waals surface area contributed by atoms with Crippen molar-refractivity contribution in [2.45, 2.75) is 26.3 Å². The van der Waals surface area contributed by atoms with E-state index in [2.05, 4.69) is 41.7 Å². The first-order chi connectivity index (χ1) is 16.0. The highest BCUT2D eigenvalue weighted by Gasteiger charge is 2.20. The van der Waals surface area contributed by atoms with Crippen molar-refractivity contribution in [1.82, 2.24) is 24.6 Å². The van der Waals surface area contributed by atoms with Crippen LogP contribution in [0.2, 0.25) is 0 Å². The maximum Gasteiger partial charge on any atom is 0.211 e. The summed E-state index contributed by atoms with van der Waals surface area (Å²) < 4.78 is 31.5. The van der Waals surface area contributed by atoms with Crippen molar-refractivity contribution in [2.24, 2.45) is 0 Å². The maximum absolute atomic E-state index is 11.7. The topological polar surface area (TPSA) is 103 Å². The molecule has 2 N–H and O–H groups in total. The normalized spacial score (nSPS) is 15.3. The number of ether oxygens (including phenoxy) is 1. The van der Waals surface area contributed by atoms with Gasteiger partial charge in [0.2, 0.25) is 10.0 Å². The van der Waals surface area contributed by atoms with Crippen LogP contribution in [0, 0.1) is 0 Å². The lowest BCUT2D eigenvalue weighted by Gasteiger charge is -2.35. The van der Waals surface area contributed by atoms with Crippen LogP contribution in [0.15, 0.2) is 36.9 Å². The van der Waals surface area contributed by atoms with Crippen LogP contribution in [0.3, 0.4) is 0 Å². The third-order valence-electron chi connectivity index (χ3n) is 6.18. The Morgan fingerprint density at radius 1 is 1.21 bits per heavy atom. The summed E-state index contributed by atoms with van der Waals surface area (Å²) in [6.45, 7) is 6.80. The first kappa shape index (κ1) is 23.5. The molecule has 1 aromatic carbocycles. The van der Waals surface area contributed by atoms with Crippen molar-refractivity contribution >= 4 is 26.7 Å². The fourth-order valence-electron chi connectivity index (χ4n) is 4.21. The van der Waals surface area contributed by atoms with E-state index in [1.165, 1.54) is 10.9 Å². The Morgan fingerprint density at radius 2 is 2.03 bits per heavy atom. The lowest BCUT2D eigenvalue weighted by molar-refractivity contribution is 0.253. The van der Waals surface area contributed by atoms with Gasteiger partial charge in [0, 0.05) is 49.8 Å². The van der Waals surface area contributed by atoms with Gasteiger partial charge in [-0.3, -0.25) is 4.90 Å². The van der Waals surface area contributed by atoms with Gasteiger partial charge in [-0.15, -0.1) is 0 Å². The molecule has 10 heteroatoms. The second-order valence-corrected chi connectivity index (χ2v) is 10.4. The highest BCUT2D eigenvalue weighted by molar-refractivity contribution is 7.89. The average molecular weight is 473 g/mol. The number of piperazine rings is 1. The Balaban J connectivity index is 1.29. The number of hydrogen-bond acceptors (Lipinski definition) is 7. The number of aromatic nitrogens is 3. The summed E-state index contributed by atoms with van der Waals surface area (Å²) in [5.41, 5.74) is 3.32. The van der Waals surface area contributed by atoms with Crippen LogP contribution >= 0.6 is 0 Å². The molecule has 0 amide bonds. The van der Waals surface area contributed by atoms with Crippen molar-refractivity contribution in [2.75, 3.05) is 50.5 Å². The summed E-state index contributed by atoms with van der Waals surface area (Å²) in [6, 6.07) is 6.08. The molecule has 1 aliphatic rings. The SMILES string of the molecule is CCS(=O)(=O)NCc1ccc2[nH]cc(CCCN3CCN(c4ncncc4OC)CC3)c2c1. The number of benzene rings is 1. The van der Waals surface area contributed by atoms with Gasteiger partial charge in [-0.05, 0) is 49.6 Å². The van der Waals surface area contributed by atoms with Gasteiger partial charge in [-0.25, -0.2) is 23.1 Å². The van der Waals surface area contributed by atoms with Crippen LogP contribution in [0.4, 0.5) is 5.82 Å². The van der Waals surface area contributed by atoms with Crippen LogP contribution in [0.25, 0.3) is 10.9 Å². The number of nitrogens with zero attached hydrogens (tertiary/aromatic N) is 4. The third-order valence-corrected chi connectivity index (χ3v) is 7.52. The number of methoxy groups -OCH3 is 1. The molecule has 178 valence electrons. The van der Waals surface area contributed by atoms with E-state index in [1.807, 2.05) is 12.1 Å². The van der Waals surface area contributed by atoms with Gasteiger partial charge in [-0.2, -0.15) is 0 Å². The number of aromatic amines is 1. The van der Waals surface area contributed by atoms with Gasteiger partial charge in [0.15, 0.2) is 11.6 Å². The average Bonchev–Trinajstić information content (AvgIpc) is 3.25. The molecule has 2 aromatic heterocycles. The Morgan fingerprint density at radius 3 is 2.79 bits per heavy atom. The van der Waals surface area contributed by atoms with E-state index in [4.69, 9.17) is 4.74 Å². The van der Waals surface area contributed by atoms with Crippen molar-refractivity contribution in [3.63, 3.8) is 0 Å². The van der Waals surface area contributed by atoms with Gasteiger partial charge in [0.05, 0.1) is 19.1 Å². The number of sulfonamides is 1. The van der Waals surface area contributed by atoms with Gasteiger partial charge in [0.25, 0.3) is 0 Å².